The fourth-order valence-corrected chi connectivity index (χ4v) is 6.68. The topological polar surface area (TPSA) is 106 Å². The molecule has 0 saturated heterocycles. The lowest BCUT2D eigenvalue weighted by Crippen LogP contribution is -2.44. The summed E-state index contributed by atoms with van der Waals surface area (Å²) in [4.78, 5) is 39.2. The largest absolute Gasteiger partial charge is 0.480 e. The SMILES string of the molecule is CCCN1CC(C(=O)O)n2c(c(-c3cccc(C(F)(F)F)c3)c(Cc3cccc4ccccc34)c(C(N)=O)c2=O)S1. The number of hydrogen-bond acceptors (Lipinski definition) is 5. The normalized spacial score (nSPS) is 15.6. The summed E-state index contributed by atoms with van der Waals surface area (Å²) in [6.45, 7) is 2.35. The lowest BCUT2D eigenvalue weighted by molar-refractivity contribution is -0.141. The van der Waals surface area contributed by atoms with Gasteiger partial charge in [-0.05, 0) is 64.4 Å². The maximum absolute atomic E-state index is 13.9. The minimum absolute atomic E-state index is 0.000358. The van der Waals surface area contributed by atoms with Crippen molar-refractivity contribution in [2.75, 3.05) is 13.1 Å². The van der Waals surface area contributed by atoms with Crippen molar-refractivity contribution in [2.24, 2.45) is 5.73 Å². The van der Waals surface area contributed by atoms with Crippen LogP contribution in [-0.4, -0.2) is 38.9 Å². The van der Waals surface area contributed by atoms with Gasteiger partial charge in [0, 0.05) is 18.7 Å². The fourth-order valence-electron chi connectivity index (χ4n) is 5.31. The highest BCUT2D eigenvalue weighted by Crippen LogP contribution is 2.43. The molecule has 0 spiro atoms. The van der Waals surface area contributed by atoms with Crippen LogP contribution < -0.4 is 11.3 Å². The van der Waals surface area contributed by atoms with Crippen LogP contribution in [0.15, 0.2) is 76.6 Å². The molecule has 2 heterocycles. The number of halogens is 3. The summed E-state index contributed by atoms with van der Waals surface area (Å²) in [7, 11) is 0. The quantitative estimate of drug-likeness (QED) is 0.270. The van der Waals surface area contributed by atoms with Gasteiger partial charge >= 0.3 is 12.1 Å². The minimum atomic E-state index is -4.66. The van der Waals surface area contributed by atoms with Gasteiger partial charge in [-0.1, -0.05) is 61.5 Å². The van der Waals surface area contributed by atoms with E-state index in [1.807, 2.05) is 49.4 Å². The number of carbonyl (C=O) groups excluding carboxylic acids is 1. The van der Waals surface area contributed by atoms with Crippen molar-refractivity contribution in [3.05, 3.63) is 99.3 Å². The van der Waals surface area contributed by atoms with Crippen LogP contribution in [0.25, 0.3) is 21.9 Å². The van der Waals surface area contributed by atoms with Crippen LogP contribution in [0, 0.1) is 0 Å². The van der Waals surface area contributed by atoms with Gasteiger partial charge < -0.3 is 10.8 Å². The summed E-state index contributed by atoms with van der Waals surface area (Å²) in [6.07, 6.45) is -3.99. The van der Waals surface area contributed by atoms with E-state index in [1.54, 1.807) is 4.31 Å². The standard InChI is InChI=1S/C30H26F3N3O4S/c1-2-13-35-16-23(29(39)40)36-27(38)25(26(34)37)22(15-18-9-5-8-17-7-3-4-12-21(17)18)24(28(36)41-35)19-10-6-11-20(14-19)30(31,32)33/h3-12,14,23H,2,13,15-16H2,1H3,(H2,34,37)(H,39,40). The molecule has 5 rings (SSSR count). The number of aliphatic carboxylic acids is 1. The Bertz CT molecular complexity index is 1730. The second kappa shape index (κ2) is 11.1. The van der Waals surface area contributed by atoms with Crippen molar-refractivity contribution in [1.29, 1.82) is 0 Å². The molecule has 1 aromatic heterocycles. The third-order valence-corrected chi connectivity index (χ3v) is 8.27. The fraction of sp³-hybridized carbons (Fsp3) is 0.233. The molecule has 7 nitrogen and oxygen atoms in total. The van der Waals surface area contributed by atoms with Crippen LogP contribution in [0.3, 0.4) is 0 Å². The first-order valence-corrected chi connectivity index (χ1v) is 13.7. The molecule has 0 saturated carbocycles. The van der Waals surface area contributed by atoms with Gasteiger partial charge in [0.25, 0.3) is 11.5 Å². The van der Waals surface area contributed by atoms with Crippen LogP contribution in [-0.2, 0) is 17.4 Å². The minimum Gasteiger partial charge on any atom is -0.480 e. The maximum atomic E-state index is 13.9. The van der Waals surface area contributed by atoms with Crippen LogP contribution in [0.5, 0.6) is 0 Å². The van der Waals surface area contributed by atoms with E-state index in [4.69, 9.17) is 5.73 Å². The van der Waals surface area contributed by atoms with Gasteiger partial charge in [-0.25, -0.2) is 9.10 Å². The van der Waals surface area contributed by atoms with E-state index >= 15 is 0 Å². The number of carboxylic acids is 1. The predicted molar refractivity (Wildman–Crippen MR) is 151 cm³/mol. The molecule has 3 N–H and O–H groups in total. The average molecular weight is 582 g/mol. The summed E-state index contributed by atoms with van der Waals surface area (Å²) in [5, 5.41) is 12.0. The molecule has 0 bridgehead atoms. The lowest BCUT2D eigenvalue weighted by Gasteiger charge is -2.35. The summed E-state index contributed by atoms with van der Waals surface area (Å²) in [5.74, 6) is -2.39. The Morgan fingerprint density at radius 3 is 2.46 bits per heavy atom. The number of primary amides is 1. The zero-order valence-electron chi connectivity index (χ0n) is 21.9. The monoisotopic (exact) mass is 581 g/mol. The molecule has 11 heteroatoms. The number of nitrogens with two attached hydrogens (primary N) is 1. The van der Waals surface area contributed by atoms with Crippen molar-refractivity contribution in [3.63, 3.8) is 0 Å². The van der Waals surface area contributed by atoms with Gasteiger partial charge in [-0.3, -0.25) is 14.2 Å². The van der Waals surface area contributed by atoms with Crippen LogP contribution >= 0.6 is 11.9 Å². The Hall–Kier alpha value is -4.09. The summed E-state index contributed by atoms with van der Waals surface area (Å²) < 4.78 is 44.3. The number of carbonyl (C=O) groups is 2. The number of rotatable bonds is 7. The van der Waals surface area contributed by atoms with Crippen molar-refractivity contribution >= 4 is 34.6 Å². The molecule has 1 aliphatic rings. The van der Waals surface area contributed by atoms with Crippen molar-refractivity contribution in [1.82, 2.24) is 8.87 Å². The lowest BCUT2D eigenvalue weighted by atomic mass is 9.89. The highest BCUT2D eigenvalue weighted by atomic mass is 32.2. The van der Waals surface area contributed by atoms with E-state index in [9.17, 15) is 32.7 Å². The second-order valence-corrected chi connectivity index (χ2v) is 10.9. The number of aromatic nitrogens is 1. The van der Waals surface area contributed by atoms with E-state index in [0.717, 1.165) is 45.0 Å². The van der Waals surface area contributed by atoms with Gasteiger partial charge in [0.15, 0.2) is 0 Å². The molecule has 4 aromatic rings. The number of fused-ring (bicyclic) bond motifs is 2. The maximum Gasteiger partial charge on any atom is 0.416 e. The number of benzene rings is 3. The predicted octanol–water partition coefficient (Wildman–Crippen LogP) is 5.74. The van der Waals surface area contributed by atoms with Gasteiger partial charge in [-0.2, -0.15) is 13.2 Å². The van der Waals surface area contributed by atoms with Gasteiger partial charge in [0.05, 0.1) is 5.56 Å². The Kier molecular flexibility index (Phi) is 7.67. The molecule has 1 amide bonds. The molecule has 1 aliphatic heterocycles. The summed E-state index contributed by atoms with van der Waals surface area (Å²) in [6, 6.07) is 16.2. The van der Waals surface area contributed by atoms with E-state index in [0.29, 0.717) is 13.0 Å². The van der Waals surface area contributed by atoms with Crippen molar-refractivity contribution in [3.8, 4) is 11.1 Å². The highest BCUT2D eigenvalue weighted by Gasteiger charge is 2.38. The molecule has 0 fully saturated rings. The zero-order valence-corrected chi connectivity index (χ0v) is 22.8. The summed E-state index contributed by atoms with van der Waals surface area (Å²) >= 11 is 1.10. The molecule has 0 radical (unpaired) electrons. The third-order valence-electron chi connectivity index (χ3n) is 7.10. The van der Waals surface area contributed by atoms with Gasteiger partial charge in [0.2, 0.25) is 0 Å². The first kappa shape index (κ1) is 28.4. The Labute approximate surface area is 237 Å². The average Bonchev–Trinajstić information content (AvgIpc) is 2.92. The molecular formula is C30H26F3N3O4S. The second-order valence-electron chi connectivity index (χ2n) is 9.80. The van der Waals surface area contributed by atoms with Gasteiger partial charge in [-0.15, -0.1) is 0 Å². The Morgan fingerprint density at radius 1 is 1.07 bits per heavy atom. The smallest absolute Gasteiger partial charge is 0.416 e. The van der Waals surface area contributed by atoms with Crippen LogP contribution in [0.2, 0.25) is 0 Å². The first-order valence-electron chi connectivity index (χ1n) is 12.9. The van der Waals surface area contributed by atoms with E-state index in [1.165, 1.54) is 12.1 Å². The Balaban J connectivity index is 1.90. The van der Waals surface area contributed by atoms with Crippen molar-refractivity contribution < 1.29 is 27.9 Å². The third kappa shape index (κ3) is 5.34. The van der Waals surface area contributed by atoms with Crippen molar-refractivity contribution in [2.45, 2.75) is 37.0 Å². The van der Waals surface area contributed by atoms with Crippen LogP contribution in [0.4, 0.5) is 13.2 Å². The van der Waals surface area contributed by atoms with Crippen LogP contribution in [0.1, 0.15) is 46.4 Å². The number of hydrogen-bond donors (Lipinski definition) is 2. The molecule has 41 heavy (non-hydrogen) atoms. The number of alkyl halides is 3. The number of nitrogens with zero attached hydrogens (tertiary/aromatic N) is 2. The van der Waals surface area contributed by atoms with Gasteiger partial charge in [0.1, 0.15) is 16.6 Å². The number of pyridine rings is 1. The number of carboxylic acid groups (broad SMARTS) is 1. The van der Waals surface area contributed by atoms with E-state index < -0.39 is 40.8 Å². The van der Waals surface area contributed by atoms with E-state index in [-0.39, 0.29) is 34.7 Å². The number of amides is 1. The molecule has 3 aromatic carbocycles. The molecule has 1 atom stereocenters. The zero-order chi connectivity index (χ0) is 29.5. The molecule has 212 valence electrons. The first-order chi connectivity index (χ1) is 19.5. The highest BCUT2D eigenvalue weighted by molar-refractivity contribution is 7.97. The Morgan fingerprint density at radius 2 is 1.78 bits per heavy atom. The molecule has 1 unspecified atom stereocenters. The summed E-state index contributed by atoms with van der Waals surface area (Å²) in [5.41, 5.74) is 4.67. The molecule has 0 aliphatic carbocycles. The molecular weight excluding hydrogens is 555 g/mol. The van der Waals surface area contributed by atoms with E-state index in [2.05, 4.69) is 0 Å².